The van der Waals surface area contributed by atoms with Crippen LogP contribution < -0.4 is 14.2 Å². The predicted molar refractivity (Wildman–Crippen MR) is 82.0 cm³/mol. The second kappa shape index (κ2) is 4.54. The first-order chi connectivity index (χ1) is 11.5. The Balaban J connectivity index is 1.81. The zero-order chi connectivity index (χ0) is 16.7. The summed E-state index contributed by atoms with van der Waals surface area (Å²) in [5, 5.41) is 32.7. The number of rotatable bonds is 1. The van der Waals surface area contributed by atoms with Crippen molar-refractivity contribution in [3.8, 4) is 17.2 Å². The average molecular weight is 335 g/mol. The van der Waals surface area contributed by atoms with Crippen LogP contribution in [0.15, 0.2) is 6.07 Å². The highest BCUT2D eigenvalue weighted by atomic mass is 16.7. The normalized spacial score (nSPS) is 41.8. The van der Waals surface area contributed by atoms with Crippen molar-refractivity contribution in [1.29, 1.82) is 0 Å². The van der Waals surface area contributed by atoms with E-state index in [0.29, 0.717) is 49.6 Å². The molecule has 4 aliphatic rings. The van der Waals surface area contributed by atoms with Gasteiger partial charge in [0.25, 0.3) is 0 Å². The second-order valence-corrected chi connectivity index (χ2v) is 7.18. The molecule has 7 nitrogen and oxygen atoms in total. The van der Waals surface area contributed by atoms with Gasteiger partial charge in [-0.05, 0) is 30.9 Å². The van der Waals surface area contributed by atoms with Crippen LogP contribution in [0.4, 0.5) is 0 Å². The summed E-state index contributed by atoms with van der Waals surface area (Å²) in [4.78, 5) is 2.00. The number of hydrogen-bond donors (Lipinski definition) is 3. The number of aliphatic hydroxyl groups is 3. The largest absolute Gasteiger partial charge is 0.492 e. The number of aliphatic hydroxyl groups excluding tert-OH is 2. The Kier molecular flexibility index (Phi) is 2.80. The van der Waals surface area contributed by atoms with E-state index in [1.54, 1.807) is 7.11 Å². The van der Waals surface area contributed by atoms with Crippen LogP contribution in [-0.2, 0) is 12.0 Å². The maximum absolute atomic E-state index is 11.5. The van der Waals surface area contributed by atoms with Gasteiger partial charge >= 0.3 is 0 Å². The summed E-state index contributed by atoms with van der Waals surface area (Å²) < 4.78 is 16.7. The van der Waals surface area contributed by atoms with Crippen LogP contribution in [0, 0.1) is 0 Å². The van der Waals surface area contributed by atoms with Crippen molar-refractivity contribution in [3.63, 3.8) is 0 Å². The topological polar surface area (TPSA) is 91.6 Å². The van der Waals surface area contributed by atoms with Gasteiger partial charge in [-0.15, -0.1) is 0 Å². The molecule has 3 aliphatic heterocycles. The monoisotopic (exact) mass is 335 g/mol. The molecule has 130 valence electrons. The Labute approximate surface area is 139 Å². The number of methoxy groups -OCH3 is 1. The number of hydrogen-bond acceptors (Lipinski definition) is 7. The van der Waals surface area contributed by atoms with Crippen molar-refractivity contribution < 1.29 is 29.5 Å². The fourth-order valence-electron chi connectivity index (χ4n) is 5.31. The van der Waals surface area contributed by atoms with E-state index >= 15 is 0 Å². The van der Waals surface area contributed by atoms with E-state index in [-0.39, 0.29) is 6.79 Å². The van der Waals surface area contributed by atoms with Crippen molar-refractivity contribution in [1.82, 2.24) is 4.90 Å². The summed E-state index contributed by atoms with van der Waals surface area (Å²) in [6, 6.07) is 1.86. The van der Waals surface area contributed by atoms with Crippen molar-refractivity contribution in [3.05, 3.63) is 17.2 Å². The third-order valence-electron chi connectivity index (χ3n) is 6.43. The molecule has 1 aromatic rings. The summed E-state index contributed by atoms with van der Waals surface area (Å²) in [5.74, 6) is 1.74. The minimum Gasteiger partial charge on any atom is -0.492 e. The van der Waals surface area contributed by atoms with Crippen LogP contribution in [0.5, 0.6) is 17.2 Å². The Morgan fingerprint density at radius 3 is 2.92 bits per heavy atom. The quantitative estimate of drug-likeness (QED) is 0.670. The van der Waals surface area contributed by atoms with Crippen LogP contribution in [0.1, 0.15) is 30.4 Å². The number of nitrogens with zero attached hydrogens (tertiary/aromatic N) is 1. The molecule has 7 heteroatoms. The third-order valence-corrected chi connectivity index (χ3v) is 6.43. The molecule has 2 bridgehead atoms. The number of fused-ring (bicyclic) bond motifs is 2. The molecule has 1 aliphatic carbocycles. The van der Waals surface area contributed by atoms with Gasteiger partial charge in [-0.1, -0.05) is 0 Å². The molecule has 0 radical (unpaired) electrons. The van der Waals surface area contributed by atoms with Gasteiger partial charge in [-0.2, -0.15) is 0 Å². The van der Waals surface area contributed by atoms with E-state index in [2.05, 4.69) is 0 Å². The van der Waals surface area contributed by atoms with Crippen molar-refractivity contribution in [2.45, 2.75) is 49.2 Å². The lowest BCUT2D eigenvalue weighted by atomic mass is 9.59. The highest BCUT2D eigenvalue weighted by Gasteiger charge is 2.69. The Morgan fingerprint density at radius 2 is 2.12 bits per heavy atom. The molecule has 3 heterocycles. The van der Waals surface area contributed by atoms with Crippen molar-refractivity contribution in [2.75, 3.05) is 20.4 Å². The van der Waals surface area contributed by atoms with Crippen LogP contribution in [-0.4, -0.2) is 58.6 Å². The lowest BCUT2D eigenvalue weighted by Gasteiger charge is -2.56. The standard InChI is InChI=1S/C17H21NO6/c1-22-13-9-7-18-5-4-16(10(9)6-12-14(13)24-8-23-12)15(20)11(19)2-3-17(16,18)21/h6,11,15,19-21H,2-5,7-8H2,1H3/t11-,15-,16+,17+/m0/s1. The van der Waals surface area contributed by atoms with Crippen molar-refractivity contribution >= 4 is 0 Å². The number of ether oxygens (including phenoxy) is 3. The zero-order valence-corrected chi connectivity index (χ0v) is 13.5. The van der Waals surface area contributed by atoms with Crippen LogP contribution in [0.3, 0.4) is 0 Å². The molecule has 3 N–H and O–H groups in total. The van der Waals surface area contributed by atoms with E-state index in [1.807, 2.05) is 11.0 Å². The number of benzene rings is 1. The third kappa shape index (κ3) is 1.44. The molecule has 5 rings (SSSR count). The van der Waals surface area contributed by atoms with Gasteiger partial charge in [-0.3, -0.25) is 4.90 Å². The van der Waals surface area contributed by atoms with Crippen molar-refractivity contribution in [2.24, 2.45) is 0 Å². The minimum atomic E-state index is -1.16. The highest BCUT2D eigenvalue weighted by molar-refractivity contribution is 5.64. The molecular weight excluding hydrogens is 314 g/mol. The lowest BCUT2D eigenvalue weighted by molar-refractivity contribution is -0.214. The fraction of sp³-hybridized carbons (Fsp3) is 0.647. The Bertz CT molecular complexity index is 724. The van der Waals surface area contributed by atoms with E-state index in [4.69, 9.17) is 14.2 Å². The first-order valence-corrected chi connectivity index (χ1v) is 8.36. The maximum Gasteiger partial charge on any atom is 0.231 e. The molecule has 1 unspecified atom stereocenters. The van der Waals surface area contributed by atoms with Crippen LogP contribution in [0.25, 0.3) is 0 Å². The van der Waals surface area contributed by atoms with Gasteiger partial charge in [0, 0.05) is 18.7 Å². The zero-order valence-electron chi connectivity index (χ0n) is 13.5. The van der Waals surface area contributed by atoms with E-state index in [1.165, 1.54) is 0 Å². The molecule has 0 aromatic heterocycles. The molecule has 1 aromatic carbocycles. The molecule has 1 saturated carbocycles. The lowest BCUT2D eigenvalue weighted by Crippen LogP contribution is -2.68. The van der Waals surface area contributed by atoms with Crippen LogP contribution in [0.2, 0.25) is 0 Å². The summed E-state index contributed by atoms with van der Waals surface area (Å²) >= 11 is 0. The molecule has 0 spiro atoms. The smallest absolute Gasteiger partial charge is 0.231 e. The Hall–Kier alpha value is -1.54. The van der Waals surface area contributed by atoms with Gasteiger partial charge in [0.15, 0.2) is 11.5 Å². The van der Waals surface area contributed by atoms with Gasteiger partial charge in [0.1, 0.15) is 5.72 Å². The summed E-state index contributed by atoms with van der Waals surface area (Å²) in [7, 11) is 1.58. The van der Waals surface area contributed by atoms with E-state index < -0.39 is 23.3 Å². The van der Waals surface area contributed by atoms with Gasteiger partial charge in [0.05, 0.1) is 24.7 Å². The molecule has 2 fully saturated rings. The second-order valence-electron chi connectivity index (χ2n) is 7.18. The summed E-state index contributed by atoms with van der Waals surface area (Å²) in [6.45, 7) is 1.31. The fourth-order valence-corrected chi connectivity index (χ4v) is 5.31. The molecular formula is C17H21NO6. The summed E-state index contributed by atoms with van der Waals surface area (Å²) in [6.07, 6.45) is -0.496. The maximum atomic E-state index is 11.5. The van der Waals surface area contributed by atoms with Gasteiger partial charge in [-0.25, -0.2) is 0 Å². The predicted octanol–water partition coefficient (Wildman–Crippen LogP) is 0.0852. The highest BCUT2D eigenvalue weighted by Crippen LogP contribution is 2.62. The average Bonchev–Trinajstić information content (AvgIpc) is 3.10. The van der Waals surface area contributed by atoms with E-state index in [0.717, 1.165) is 11.1 Å². The molecule has 1 saturated heterocycles. The SMILES string of the molecule is COc1c2c(cc3c1OCO3)[C@@]13CCN(C2)[C@@]1(O)CC[C@H](O)[C@@H]3O. The molecule has 0 amide bonds. The summed E-state index contributed by atoms with van der Waals surface area (Å²) in [5.41, 5.74) is -0.382. The van der Waals surface area contributed by atoms with E-state index in [9.17, 15) is 15.3 Å². The van der Waals surface area contributed by atoms with Gasteiger partial charge in [0.2, 0.25) is 12.5 Å². The van der Waals surface area contributed by atoms with Crippen LogP contribution >= 0.6 is 0 Å². The first-order valence-electron chi connectivity index (χ1n) is 8.36. The molecule has 5 atom stereocenters. The molecule has 24 heavy (non-hydrogen) atoms. The minimum absolute atomic E-state index is 0.126. The Morgan fingerprint density at radius 1 is 1.29 bits per heavy atom. The van der Waals surface area contributed by atoms with Gasteiger partial charge < -0.3 is 29.5 Å². The first kappa shape index (κ1) is 14.8.